The van der Waals surface area contributed by atoms with Gasteiger partial charge in [-0.25, -0.2) is 0 Å². The highest BCUT2D eigenvalue weighted by Gasteiger charge is 2.35. The molecule has 0 spiro atoms. The third kappa shape index (κ3) is 5.27. The molecule has 1 heterocycles. The number of carbonyl (C=O) groups excluding carboxylic acids is 1. The standard InChI is InChI=1S/C20H30N2O3/c1-16(17-8-3-2-4-9-17)22-20(10-5-6-11-20)15-21-18(23)14-19-24-12-7-13-25-19/h2-4,8-9,16,19,22H,5-7,10-15H2,1H3,(H,21,23)/t16-/m1/s1. The van der Waals surface area contributed by atoms with Crippen LogP contribution in [0.15, 0.2) is 30.3 Å². The molecule has 25 heavy (non-hydrogen) atoms. The molecule has 1 aromatic carbocycles. The van der Waals surface area contributed by atoms with E-state index in [9.17, 15) is 4.79 Å². The zero-order chi connectivity index (χ0) is 17.5. The van der Waals surface area contributed by atoms with Crippen LogP contribution in [0.2, 0.25) is 0 Å². The van der Waals surface area contributed by atoms with Crippen molar-refractivity contribution in [3.05, 3.63) is 35.9 Å². The Morgan fingerprint density at radius 2 is 1.84 bits per heavy atom. The first-order valence-electron chi connectivity index (χ1n) is 9.49. The van der Waals surface area contributed by atoms with E-state index < -0.39 is 0 Å². The van der Waals surface area contributed by atoms with Crippen LogP contribution >= 0.6 is 0 Å². The van der Waals surface area contributed by atoms with Crippen LogP contribution in [0.4, 0.5) is 0 Å². The van der Waals surface area contributed by atoms with Gasteiger partial charge in [-0.1, -0.05) is 43.2 Å². The second-order valence-electron chi connectivity index (χ2n) is 7.27. The fourth-order valence-electron chi connectivity index (χ4n) is 3.85. The van der Waals surface area contributed by atoms with E-state index in [1.165, 1.54) is 18.4 Å². The number of hydrogen-bond donors (Lipinski definition) is 2. The molecule has 0 bridgehead atoms. The summed E-state index contributed by atoms with van der Waals surface area (Å²) in [6.45, 7) is 4.21. The Morgan fingerprint density at radius 3 is 2.52 bits per heavy atom. The molecule has 1 aromatic rings. The Bertz CT molecular complexity index is 537. The lowest BCUT2D eigenvalue weighted by atomic mass is 9.94. The molecule has 0 aromatic heterocycles. The first-order valence-corrected chi connectivity index (χ1v) is 9.49. The minimum atomic E-state index is -0.385. The summed E-state index contributed by atoms with van der Waals surface area (Å²) in [5.74, 6) is 0.00680. The first-order chi connectivity index (χ1) is 12.2. The van der Waals surface area contributed by atoms with E-state index in [0.717, 1.165) is 19.3 Å². The third-order valence-electron chi connectivity index (χ3n) is 5.26. The van der Waals surface area contributed by atoms with E-state index in [0.29, 0.717) is 19.8 Å². The molecule has 0 unspecified atom stereocenters. The van der Waals surface area contributed by atoms with Crippen molar-refractivity contribution in [2.24, 2.45) is 0 Å². The van der Waals surface area contributed by atoms with Gasteiger partial charge in [-0.15, -0.1) is 0 Å². The number of nitrogens with one attached hydrogen (secondary N) is 2. The minimum absolute atomic E-state index is 0.00680. The van der Waals surface area contributed by atoms with Gasteiger partial charge in [0.25, 0.3) is 0 Å². The Hall–Kier alpha value is -1.43. The molecule has 3 rings (SSSR count). The van der Waals surface area contributed by atoms with Gasteiger partial charge < -0.3 is 20.1 Å². The maximum Gasteiger partial charge on any atom is 0.225 e. The average Bonchev–Trinajstić information content (AvgIpc) is 3.10. The Kier molecular flexibility index (Phi) is 6.45. The first kappa shape index (κ1) is 18.4. The molecule has 2 N–H and O–H groups in total. The molecule has 2 aliphatic rings. The number of carbonyl (C=O) groups is 1. The number of hydrogen-bond acceptors (Lipinski definition) is 4. The zero-order valence-electron chi connectivity index (χ0n) is 15.1. The van der Waals surface area contributed by atoms with Crippen LogP contribution in [-0.2, 0) is 14.3 Å². The summed E-state index contributed by atoms with van der Waals surface area (Å²) in [4.78, 5) is 12.3. The van der Waals surface area contributed by atoms with Gasteiger partial charge in [0.1, 0.15) is 0 Å². The molecule has 0 radical (unpaired) electrons. The van der Waals surface area contributed by atoms with Crippen molar-refractivity contribution in [1.82, 2.24) is 10.6 Å². The van der Waals surface area contributed by atoms with Crippen molar-refractivity contribution in [3.8, 4) is 0 Å². The molecule has 1 aliphatic carbocycles. The lowest BCUT2D eigenvalue weighted by Gasteiger charge is -2.34. The quantitative estimate of drug-likeness (QED) is 0.797. The van der Waals surface area contributed by atoms with Crippen LogP contribution in [0, 0.1) is 0 Å². The molecule has 5 nitrogen and oxygen atoms in total. The van der Waals surface area contributed by atoms with E-state index in [2.05, 4.69) is 41.8 Å². The molecular weight excluding hydrogens is 316 g/mol. The van der Waals surface area contributed by atoms with Crippen molar-refractivity contribution >= 4 is 5.91 Å². The van der Waals surface area contributed by atoms with Crippen LogP contribution < -0.4 is 10.6 Å². The molecule has 1 amide bonds. The smallest absolute Gasteiger partial charge is 0.225 e. The zero-order valence-corrected chi connectivity index (χ0v) is 15.1. The molecule has 1 atom stereocenters. The molecule has 1 saturated heterocycles. The normalized spacial score (nSPS) is 21.8. The maximum absolute atomic E-state index is 12.3. The summed E-state index contributed by atoms with van der Waals surface area (Å²) < 4.78 is 10.9. The van der Waals surface area contributed by atoms with Crippen molar-refractivity contribution in [2.75, 3.05) is 19.8 Å². The molecule has 1 aliphatic heterocycles. The molecular formula is C20H30N2O3. The van der Waals surface area contributed by atoms with Gasteiger partial charge in [-0.05, 0) is 31.7 Å². The number of benzene rings is 1. The second-order valence-corrected chi connectivity index (χ2v) is 7.27. The molecule has 138 valence electrons. The molecule has 2 fully saturated rings. The Labute approximate surface area is 150 Å². The Balaban J connectivity index is 1.52. The van der Waals surface area contributed by atoms with Crippen LogP contribution in [0.3, 0.4) is 0 Å². The van der Waals surface area contributed by atoms with Crippen LogP contribution in [0.1, 0.15) is 57.1 Å². The summed E-state index contributed by atoms with van der Waals surface area (Å²) in [7, 11) is 0. The lowest BCUT2D eigenvalue weighted by Crippen LogP contribution is -2.52. The van der Waals surface area contributed by atoms with Gasteiger partial charge >= 0.3 is 0 Å². The summed E-state index contributed by atoms with van der Waals surface area (Å²) in [6, 6.07) is 10.7. The fourth-order valence-corrected chi connectivity index (χ4v) is 3.85. The SMILES string of the molecule is C[C@@H](NC1(CNC(=O)CC2OCCCO2)CCCC1)c1ccccc1. The summed E-state index contributed by atoms with van der Waals surface area (Å²) in [5, 5.41) is 6.90. The van der Waals surface area contributed by atoms with Crippen LogP contribution in [0.5, 0.6) is 0 Å². The second kappa shape index (κ2) is 8.79. The van der Waals surface area contributed by atoms with Crippen LogP contribution in [-0.4, -0.2) is 37.5 Å². The van der Waals surface area contributed by atoms with Gasteiger partial charge in [-0.2, -0.15) is 0 Å². The van der Waals surface area contributed by atoms with Crippen LogP contribution in [0.25, 0.3) is 0 Å². The summed E-state index contributed by atoms with van der Waals surface area (Å²) >= 11 is 0. The van der Waals surface area contributed by atoms with Gasteiger partial charge in [-0.3, -0.25) is 4.79 Å². The number of rotatable bonds is 7. The van der Waals surface area contributed by atoms with E-state index in [1.807, 2.05) is 6.07 Å². The highest BCUT2D eigenvalue weighted by atomic mass is 16.7. The molecule has 1 saturated carbocycles. The minimum Gasteiger partial charge on any atom is -0.354 e. The van der Waals surface area contributed by atoms with E-state index in [1.54, 1.807) is 0 Å². The van der Waals surface area contributed by atoms with E-state index in [-0.39, 0.29) is 30.2 Å². The van der Waals surface area contributed by atoms with Gasteiger partial charge in [0.2, 0.25) is 5.91 Å². The topological polar surface area (TPSA) is 59.6 Å². The van der Waals surface area contributed by atoms with Crippen molar-refractivity contribution in [1.29, 1.82) is 0 Å². The predicted octanol–water partition coefficient (Wildman–Crippen LogP) is 2.92. The largest absolute Gasteiger partial charge is 0.354 e. The summed E-state index contributed by atoms with van der Waals surface area (Å²) in [5.41, 5.74) is 1.27. The highest BCUT2D eigenvalue weighted by molar-refractivity contribution is 5.76. The Morgan fingerprint density at radius 1 is 1.16 bits per heavy atom. The lowest BCUT2D eigenvalue weighted by molar-refractivity contribution is -0.183. The average molecular weight is 346 g/mol. The number of amides is 1. The van der Waals surface area contributed by atoms with Gasteiger partial charge in [0.05, 0.1) is 19.6 Å². The van der Waals surface area contributed by atoms with Crippen molar-refractivity contribution in [2.45, 2.75) is 63.3 Å². The fraction of sp³-hybridized carbons (Fsp3) is 0.650. The van der Waals surface area contributed by atoms with Crippen molar-refractivity contribution in [3.63, 3.8) is 0 Å². The van der Waals surface area contributed by atoms with E-state index >= 15 is 0 Å². The number of ether oxygens (including phenoxy) is 2. The van der Waals surface area contributed by atoms with Gasteiger partial charge in [0, 0.05) is 18.1 Å². The van der Waals surface area contributed by atoms with Crippen molar-refractivity contribution < 1.29 is 14.3 Å². The summed E-state index contributed by atoms with van der Waals surface area (Å²) in [6.07, 6.45) is 5.41. The third-order valence-corrected chi connectivity index (χ3v) is 5.26. The highest BCUT2D eigenvalue weighted by Crippen LogP contribution is 2.31. The maximum atomic E-state index is 12.3. The van der Waals surface area contributed by atoms with E-state index in [4.69, 9.17) is 9.47 Å². The predicted molar refractivity (Wildman–Crippen MR) is 97.1 cm³/mol. The molecule has 5 heteroatoms. The van der Waals surface area contributed by atoms with Gasteiger partial charge in [0.15, 0.2) is 6.29 Å². The monoisotopic (exact) mass is 346 g/mol.